The van der Waals surface area contributed by atoms with Crippen molar-refractivity contribution in [3.8, 4) is 11.5 Å². The molecule has 10 nitrogen and oxygen atoms in total. The van der Waals surface area contributed by atoms with E-state index in [1.807, 2.05) is 0 Å². The number of benzene rings is 1. The fourth-order valence-corrected chi connectivity index (χ4v) is 2.32. The molecule has 0 aliphatic carbocycles. The van der Waals surface area contributed by atoms with Gasteiger partial charge in [-0.3, -0.25) is 14.9 Å². The van der Waals surface area contributed by atoms with E-state index in [4.69, 9.17) is 14.2 Å². The number of aromatic nitrogens is 1. The van der Waals surface area contributed by atoms with E-state index >= 15 is 0 Å². The minimum atomic E-state index is -0.695. The molecule has 1 N–H and O–H groups in total. The number of carbonyl (C=O) groups excluding carboxylic acids is 2. The van der Waals surface area contributed by atoms with Gasteiger partial charge in [0.05, 0.1) is 43.7 Å². The van der Waals surface area contributed by atoms with E-state index in [1.54, 1.807) is 0 Å². The van der Waals surface area contributed by atoms with Crippen molar-refractivity contribution >= 4 is 23.3 Å². The van der Waals surface area contributed by atoms with Crippen LogP contribution in [-0.2, 0) is 11.8 Å². The van der Waals surface area contributed by atoms with Crippen LogP contribution in [0.5, 0.6) is 11.5 Å². The van der Waals surface area contributed by atoms with E-state index in [9.17, 15) is 19.7 Å². The van der Waals surface area contributed by atoms with Gasteiger partial charge in [-0.05, 0) is 0 Å². The molecule has 0 aliphatic rings. The minimum Gasteiger partial charge on any atom is -0.493 e. The lowest BCUT2D eigenvalue weighted by molar-refractivity contribution is -0.384. The number of carbonyl (C=O) groups is 2. The monoisotopic (exact) mass is 363 g/mol. The first kappa shape index (κ1) is 18.8. The number of esters is 1. The third-order valence-electron chi connectivity index (χ3n) is 3.61. The standard InChI is InChI=1S/C16H17N3O7/c1-18-8-9(19(22)23)5-12(18)15(20)17-11-7-14(25-3)13(24-2)6-10(11)16(21)26-4/h5-8H,1-4H3,(H,17,20). The topological polar surface area (TPSA) is 122 Å². The molecule has 0 unspecified atom stereocenters. The molecule has 2 aromatic rings. The Bertz CT molecular complexity index is 873. The molecule has 1 heterocycles. The number of hydrogen-bond donors (Lipinski definition) is 1. The third-order valence-corrected chi connectivity index (χ3v) is 3.61. The van der Waals surface area contributed by atoms with Crippen molar-refractivity contribution < 1.29 is 28.7 Å². The predicted molar refractivity (Wildman–Crippen MR) is 90.9 cm³/mol. The summed E-state index contributed by atoms with van der Waals surface area (Å²) >= 11 is 0. The summed E-state index contributed by atoms with van der Waals surface area (Å²) in [6.07, 6.45) is 1.21. The Hall–Kier alpha value is -3.56. The van der Waals surface area contributed by atoms with Crippen molar-refractivity contribution in [2.24, 2.45) is 7.05 Å². The average Bonchev–Trinajstić information content (AvgIpc) is 3.02. The van der Waals surface area contributed by atoms with Gasteiger partial charge in [0.15, 0.2) is 11.5 Å². The zero-order chi connectivity index (χ0) is 19.4. The highest BCUT2D eigenvalue weighted by Crippen LogP contribution is 2.34. The van der Waals surface area contributed by atoms with E-state index in [-0.39, 0.29) is 34.1 Å². The number of amides is 1. The van der Waals surface area contributed by atoms with Crippen LogP contribution in [0.4, 0.5) is 11.4 Å². The number of aryl methyl sites for hydroxylation is 1. The summed E-state index contributed by atoms with van der Waals surface area (Å²) in [6.45, 7) is 0. The van der Waals surface area contributed by atoms with E-state index < -0.39 is 16.8 Å². The second-order valence-electron chi connectivity index (χ2n) is 5.15. The summed E-state index contributed by atoms with van der Waals surface area (Å²) in [4.78, 5) is 34.8. The summed E-state index contributed by atoms with van der Waals surface area (Å²) in [7, 11) is 5.50. The number of ether oxygens (including phenoxy) is 3. The van der Waals surface area contributed by atoms with Gasteiger partial charge in [0.2, 0.25) is 0 Å². The van der Waals surface area contributed by atoms with Crippen LogP contribution in [0.2, 0.25) is 0 Å². The molecule has 0 spiro atoms. The molecular weight excluding hydrogens is 346 g/mol. The van der Waals surface area contributed by atoms with Gasteiger partial charge in [0.1, 0.15) is 5.69 Å². The Labute approximate surface area is 148 Å². The van der Waals surface area contributed by atoms with Crippen molar-refractivity contribution in [3.05, 3.63) is 45.8 Å². The Morgan fingerprint density at radius 3 is 2.23 bits per heavy atom. The normalized spacial score (nSPS) is 10.2. The number of methoxy groups -OCH3 is 3. The van der Waals surface area contributed by atoms with Crippen LogP contribution >= 0.6 is 0 Å². The lowest BCUT2D eigenvalue weighted by Gasteiger charge is -2.14. The molecule has 1 aromatic carbocycles. The van der Waals surface area contributed by atoms with Crippen LogP contribution in [0.15, 0.2) is 24.4 Å². The van der Waals surface area contributed by atoms with Crippen molar-refractivity contribution in [1.29, 1.82) is 0 Å². The Balaban J connectivity index is 2.45. The second-order valence-corrected chi connectivity index (χ2v) is 5.15. The molecule has 0 bridgehead atoms. The molecule has 2 rings (SSSR count). The maximum atomic E-state index is 12.5. The smallest absolute Gasteiger partial charge is 0.340 e. The summed E-state index contributed by atoms with van der Waals surface area (Å²) < 4.78 is 16.3. The first-order valence-corrected chi connectivity index (χ1v) is 7.28. The van der Waals surface area contributed by atoms with Crippen LogP contribution in [-0.4, -0.2) is 42.7 Å². The van der Waals surface area contributed by atoms with E-state index in [0.29, 0.717) is 0 Å². The largest absolute Gasteiger partial charge is 0.493 e. The summed E-state index contributed by atoms with van der Waals surface area (Å²) in [6, 6.07) is 3.90. The van der Waals surface area contributed by atoms with E-state index in [2.05, 4.69) is 5.32 Å². The zero-order valence-electron chi connectivity index (χ0n) is 14.6. The molecule has 1 aromatic heterocycles. The van der Waals surface area contributed by atoms with Gasteiger partial charge < -0.3 is 24.1 Å². The number of anilines is 1. The molecule has 26 heavy (non-hydrogen) atoms. The quantitative estimate of drug-likeness (QED) is 0.473. The van der Waals surface area contributed by atoms with Gasteiger partial charge in [0, 0.05) is 25.2 Å². The molecule has 138 valence electrons. The van der Waals surface area contributed by atoms with Crippen LogP contribution in [0.25, 0.3) is 0 Å². The van der Waals surface area contributed by atoms with Crippen LogP contribution < -0.4 is 14.8 Å². The Morgan fingerprint density at radius 1 is 1.12 bits per heavy atom. The zero-order valence-corrected chi connectivity index (χ0v) is 14.6. The Kier molecular flexibility index (Phi) is 5.45. The SMILES string of the molecule is COC(=O)c1cc(OC)c(OC)cc1NC(=O)c1cc([N+](=O)[O-])cn1C. The molecule has 0 saturated heterocycles. The summed E-state index contributed by atoms with van der Waals surface area (Å²) in [5.41, 5.74) is -0.0222. The maximum Gasteiger partial charge on any atom is 0.340 e. The van der Waals surface area contributed by atoms with Crippen LogP contribution in [0.1, 0.15) is 20.8 Å². The average molecular weight is 363 g/mol. The highest BCUT2D eigenvalue weighted by Gasteiger charge is 2.22. The number of rotatable bonds is 6. The van der Waals surface area contributed by atoms with Gasteiger partial charge in [-0.25, -0.2) is 4.79 Å². The fraction of sp³-hybridized carbons (Fsp3) is 0.250. The number of nitrogens with one attached hydrogen (secondary N) is 1. The van der Waals surface area contributed by atoms with Crippen molar-refractivity contribution in [2.75, 3.05) is 26.6 Å². The minimum absolute atomic E-state index is 0.0437. The number of nitrogens with zero attached hydrogens (tertiary/aromatic N) is 2. The van der Waals surface area contributed by atoms with Crippen molar-refractivity contribution in [2.45, 2.75) is 0 Å². The number of nitro groups is 1. The molecular formula is C16H17N3O7. The van der Waals surface area contributed by atoms with Crippen LogP contribution in [0.3, 0.4) is 0 Å². The van der Waals surface area contributed by atoms with E-state index in [1.165, 1.54) is 51.3 Å². The van der Waals surface area contributed by atoms with Gasteiger partial charge in [-0.15, -0.1) is 0 Å². The molecule has 0 fully saturated rings. The summed E-state index contributed by atoms with van der Waals surface area (Å²) in [5.74, 6) is -0.772. The molecule has 0 radical (unpaired) electrons. The first-order valence-electron chi connectivity index (χ1n) is 7.28. The fourth-order valence-electron chi connectivity index (χ4n) is 2.32. The van der Waals surface area contributed by atoms with E-state index in [0.717, 1.165) is 6.07 Å². The van der Waals surface area contributed by atoms with Gasteiger partial charge in [-0.1, -0.05) is 0 Å². The summed E-state index contributed by atoms with van der Waals surface area (Å²) in [5, 5.41) is 13.4. The van der Waals surface area contributed by atoms with Gasteiger partial charge in [-0.2, -0.15) is 0 Å². The van der Waals surface area contributed by atoms with Gasteiger partial charge in [0.25, 0.3) is 11.6 Å². The molecule has 1 amide bonds. The second kappa shape index (κ2) is 7.55. The maximum absolute atomic E-state index is 12.5. The Morgan fingerprint density at radius 2 is 1.73 bits per heavy atom. The van der Waals surface area contributed by atoms with Gasteiger partial charge >= 0.3 is 5.97 Å². The van der Waals surface area contributed by atoms with Crippen molar-refractivity contribution in [1.82, 2.24) is 4.57 Å². The molecule has 0 aliphatic heterocycles. The lowest BCUT2D eigenvalue weighted by Crippen LogP contribution is -2.18. The van der Waals surface area contributed by atoms with Crippen molar-refractivity contribution in [3.63, 3.8) is 0 Å². The molecule has 10 heteroatoms. The molecule has 0 saturated carbocycles. The van der Waals surface area contributed by atoms with Crippen LogP contribution in [0, 0.1) is 10.1 Å². The lowest BCUT2D eigenvalue weighted by atomic mass is 10.1. The highest BCUT2D eigenvalue weighted by molar-refractivity contribution is 6.08. The third kappa shape index (κ3) is 3.58. The first-order chi connectivity index (χ1) is 12.3. The predicted octanol–water partition coefficient (Wildman–Crippen LogP) is 1.99. The highest BCUT2D eigenvalue weighted by atomic mass is 16.6. The molecule has 0 atom stereocenters. The number of hydrogen-bond acceptors (Lipinski definition) is 7.